The summed E-state index contributed by atoms with van der Waals surface area (Å²) in [5.74, 6) is 2.33. The molecule has 0 bridgehead atoms. The molecule has 2 unspecified atom stereocenters. The Balaban J connectivity index is 3.22. The van der Waals surface area contributed by atoms with Crippen LogP contribution in [0.25, 0.3) is 0 Å². The fraction of sp³-hybridized carbons (Fsp3) is 0.423. The van der Waals surface area contributed by atoms with Gasteiger partial charge in [0, 0.05) is 17.8 Å². The lowest BCUT2D eigenvalue weighted by molar-refractivity contribution is -0.128. The Morgan fingerprint density at radius 3 is 2.21 bits per heavy atom. The maximum absolute atomic E-state index is 13.2. The number of anilines is 1. The second kappa shape index (κ2) is 16.2. The van der Waals surface area contributed by atoms with E-state index in [9.17, 15) is 29.1 Å². The Morgan fingerprint density at radius 2 is 1.69 bits per heavy atom. The molecular formula is C26H34N6O7. The largest absolute Gasteiger partial charge is 0.465 e. The Kier molecular flexibility index (Phi) is 13.4. The summed E-state index contributed by atoms with van der Waals surface area (Å²) < 4.78 is 0. The van der Waals surface area contributed by atoms with Crippen molar-refractivity contribution in [2.75, 3.05) is 25.0 Å². The predicted molar refractivity (Wildman–Crippen MR) is 143 cm³/mol. The highest BCUT2D eigenvalue weighted by Crippen LogP contribution is 2.19. The van der Waals surface area contributed by atoms with Crippen molar-refractivity contribution < 1.29 is 34.2 Å². The monoisotopic (exact) mass is 542 g/mol. The van der Waals surface area contributed by atoms with Gasteiger partial charge in [-0.05, 0) is 36.5 Å². The van der Waals surface area contributed by atoms with Crippen molar-refractivity contribution in [2.24, 2.45) is 11.7 Å². The number of carboxylic acid groups (broad SMARTS) is 1. The van der Waals surface area contributed by atoms with Crippen LogP contribution in [0, 0.1) is 30.6 Å². The van der Waals surface area contributed by atoms with Crippen LogP contribution >= 0.6 is 0 Å². The van der Waals surface area contributed by atoms with Crippen LogP contribution in [0.15, 0.2) is 18.2 Å². The Morgan fingerprint density at radius 1 is 1.05 bits per heavy atom. The number of rotatable bonds is 14. The third kappa shape index (κ3) is 10.6. The van der Waals surface area contributed by atoms with Gasteiger partial charge < -0.3 is 42.1 Å². The smallest absolute Gasteiger partial charge is 0.405 e. The van der Waals surface area contributed by atoms with Crippen molar-refractivity contribution in [3.05, 3.63) is 29.3 Å². The van der Waals surface area contributed by atoms with Gasteiger partial charge in [0.15, 0.2) is 0 Å². The molecule has 0 heterocycles. The second-order valence-electron chi connectivity index (χ2n) is 8.75. The van der Waals surface area contributed by atoms with Crippen molar-refractivity contribution in [1.82, 2.24) is 20.9 Å². The zero-order chi connectivity index (χ0) is 29.5. The maximum atomic E-state index is 13.2. The SMILES string of the molecule is C#CCN(CC#C)C(=O)c1cc(NC(=O)C(CCCNC(N)=O)NC(=O)C(NC(=O)O)C(C)C)ccc1CO. The Bertz CT molecular complexity index is 1120. The van der Waals surface area contributed by atoms with Crippen LogP contribution in [0.5, 0.6) is 0 Å². The number of terminal acetylenes is 2. The lowest BCUT2D eigenvalue weighted by Crippen LogP contribution is -2.54. The molecule has 0 aliphatic heterocycles. The first kappa shape index (κ1) is 32.3. The lowest BCUT2D eigenvalue weighted by atomic mass is 10.0. The predicted octanol–water partition coefficient (Wildman–Crippen LogP) is 0.0515. The van der Waals surface area contributed by atoms with Gasteiger partial charge >= 0.3 is 12.1 Å². The average molecular weight is 543 g/mol. The highest BCUT2D eigenvalue weighted by Gasteiger charge is 2.29. The van der Waals surface area contributed by atoms with E-state index in [1.807, 2.05) is 0 Å². The van der Waals surface area contributed by atoms with Gasteiger partial charge in [-0.2, -0.15) is 0 Å². The van der Waals surface area contributed by atoms with Gasteiger partial charge in [0.2, 0.25) is 11.8 Å². The first-order valence-corrected chi connectivity index (χ1v) is 12.0. The van der Waals surface area contributed by atoms with Gasteiger partial charge in [-0.25, -0.2) is 9.59 Å². The molecule has 0 aliphatic rings. The summed E-state index contributed by atoms with van der Waals surface area (Å²) in [6, 6.07) is 1.23. The number of hydrogen-bond donors (Lipinski definition) is 7. The minimum atomic E-state index is -1.40. The van der Waals surface area contributed by atoms with E-state index in [-0.39, 0.29) is 49.3 Å². The van der Waals surface area contributed by atoms with E-state index in [0.29, 0.717) is 0 Å². The van der Waals surface area contributed by atoms with Gasteiger partial charge in [0.1, 0.15) is 12.1 Å². The number of nitrogens with one attached hydrogen (secondary N) is 4. The number of urea groups is 1. The van der Waals surface area contributed by atoms with Crippen molar-refractivity contribution in [2.45, 2.75) is 45.4 Å². The summed E-state index contributed by atoms with van der Waals surface area (Å²) in [6.45, 7) is 2.79. The number of nitrogens with two attached hydrogens (primary N) is 1. The van der Waals surface area contributed by atoms with Crippen LogP contribution in [-0.4, -0.2) is 76.7 Å². The molecule has 1 aromatic carbocycles. The molecule has 0 fully saturated rings. The molecule has 0 aliphatic carbocycles. The number of benzene rings is 1. The molecule has 0 spiro atoms. The van der Waals surface area contributed by atoms with Crippen LogP contribution in [0.1, 0.15) is 42.6 Å². The van der Waals surface area contributed by atoms with Crippen LogP contribution < -0.4 is 27.0 Å². The fourth-order valence-corrected chi connectivity index (χ4v) is 3.53. The van der Waals surface area contributed by atoms with Crippen molar-refractivity contribution in [3.63, 3.8) is 0 Å². The molecule has 2 atom stereocenters. The van der Waals surface area contributed by atoms with Crippen molar-refractivity contribution in [3.8, 4) is 24.7 Å². The number of primary amides is 1. The van der Waals surface area contributed by atoms with E-state index < -0.39 is 54.5 Å². The topological polar surface area (TPSA) is 203 Å². The highest BCUT2D eigenvalue weighted by atomic mass is 16.4. The molecule has 1 aromatic rings. The number of amides is 6. The lowest BCUT2D eigenvalue weighted by Gasteiger charge is -2.24. The van der Waals surface area contributed by atoms with E-state index in [1.54, 1.807) is 13.8 Å². The zero-order valence-corrected chi connectivity index (χ0v) is 21.8. The summed E-state index contributed by atoms with van der Waals surface area (Å²) in [6.07, 6.45) is 9.57. The summed E-state index contributed by atoms with van der Waals surface area (Å²) in [4.78, 5) is 62.4. The van der Waals surface area contributed by atoms with E-state index in [4.69, 9.17) is 23.7 Å². The number of aliphatic hydroxyl groups excluding tert-OH is 1. The summed E-state index contributed by atoms with van der Waals surface area (Å²) >= 11 is 0. The summed E-state index contributed by atoms with van der Waals surface area (Å²) in [7, 11) is 0. The van der Waals surface area contributed by atoms with Crippen molar-refractivity contribution >= 4 is 35.5 Å². The summed E-state index contributed by atoms with van der Waals surface area (Å²) in [5, 5.41) is 28.5. The van der Waals surface area contributed by atoms with E-state index in [2.05, 4.69) is 33.1 Å². The van der Waals surface area contributed by atoms with Crippen molar-refractivity contribution in [1.29, 1.82) is 0 Å². The van der Waals surface area contributed by atoms with Gasteiger partial charge in [-0.3, -0.25) is 14.4 Å². The van der Waals surface area contributed by atoms with E-state index in [1.165, 1.54) is 23.1 Å². The van der Waals surface area contributed by atoms with Crippen LogP contribution in [0.2, 0.25) is 0 Å². The number of carbonyl (C=O) groups excluding carboxylic acids is 4. The molecule has 13 nitrogen and oxygen atoms in total. The minimum Gasteiger partial charge on any atom is -0.465 e. The highest BCUT2D eigenvalue weighted by molar-refractivity contribution is 6.01. The van der Waals surface area contributed by atoms with Gasteiger partial charge in [0.05, 0.1) is 19.7 Å². The molecule has 8 N–H and O–H groups in total. The first-order chi connectivity index (χ1) is 18.4. The van der Waals surface area contributed by atoms with Crippen LogP contribution in [0.3, 0.4) is 0 Å². The minimum absolute atomic E-state index is 0.0639. The number of aliphatic hydroxyl groups is 1. The zero-order valence-electron chi connectivity index (χ0n) is 21.8. The van der Waals surface area contributed by atoms with Crippen LogP contribution in [0.4, 0.5) is 15.3 Å². The number of nitrogens with zero attached hydrogens (tertiary/aromatic N) is 1. The average Bonchev–Trinajstić information content (AvgIpc) is 2.87. The molecule has 0 saturated heterocycles. The molecule has 1 rings (SSSR count). The molecule has 13 heteroatoms. The normalized spacial score (nSPS) is 11.7. The number of hydrogen-bond acceptors (Lipinski definition) is 6. The number of carbonyl (C=O) groups is 5. The van der Waals surface area contributed by atoms with Gasteiger partial charge in [-0.15, -0.1) is 12.8 Å². The maximum Gasteiger partial charge on any atom is 0.405 e. The molecule has 39 heavy (non-hydrogen) atoms. The standard InChI is InChI=1S/C26H34N6O7/c1-5-12-32(13-6-2)24(36)19-14-18(10-9-17(19)15-33)29-22(34)20(8-7-11-28-25(27)37)30-23(35)21(16(3)4)31-26(38)39/h1-2,9-10,14,16,20-21,31,33H,7-8,11-13,15H2,3-4H3,(H,29,34)(H,30,35)(H,38,39)(H3,27,28,37). The first-order valence-electron chi connectivity index (χ1n) is 12.0. The summed E-state index contributed by atoms with van der Waals surface area (Å²) in [5.41, 5.74) is 5.58. The third-order valence-corrected chi connectivity index (χ3v) is 5.46. The molecule has 210 valence electrons. The Labute approximate surface area is 226 Å². The second-order valence-corrected chi connectivity index (χ2v) is 8.75. The molecule has 0 aromatic heterocycles. The molecular weight excluding hydrogens is 508 g/mol. The third-order valence-electron chi connectivity index (χ3n) is 5.46. The molecule has 0 radical (unpaired) electrons. The molecule has 6 amide bonds. The fourth-order valence-electron chi connectivity index (χ4n) is 3.53. The molecule has 0 saturated carbocycles. The van der Waals surface area contributed by atoms with Gasteiger partial charge in [0.25, 0.3) is 5.91 Å². The van der Waals surface area contributed by atoms with Gasteiger partial charge in [-0.1, -0.05) is 31.8 Å². The Hall–Kier alpha value is -4.75. The van der Waals surface area contributed by atoms with E-state index in [0.717, 1.165) is 0 Å². The quantitative estimate of drug-likeness (QED) is 0.127. The van der Waals surface area contributed by atoms with E-state index >= 15 is 0 Å². The van der Waals surface area contributed by atoms with Crippen LogP contribution in [-0.2, 0) is 16.2 Å².